The summed E-state index contributed by atoms with van der Waals surface area (Å²) in [5.74, 6) is 0. The summed E-state index contributed by atoms with van der Waals surface area (Å²) in [6.07, 6.45) is 0. The van der Waals surface area contributed by atoms with Crippen LogP contribution in [0, 0.1) is 6.92 Å². The lowest BCUT2D eigenvalue weighted by Gasteiger charge is -2.15. The third kappa shape index (κ3) is 3.14. The van der Waals surface area contributed by atoms with Gasteiger partial charge in [-0.15, -0.1) is 0 Å². The molecular weight excluding hydrogens is 254 g/mol. The molecule has 1 N–H and O–H groups in total. The van der Waals surface area contributed by atoms with Gasteiger partial charge in [-0.2, -0.15) is 0 Å². The molecular formula is C20H21N. The molecule has 0 bridgehead atoms. The van der Waals surface area contributed by atoms with Gasteiger partial charge in [0.25, 0.3) is 0 Å². The maximum atomic E-state index is 3.63. The van der Waals surface area contributed by atoms with Crippen molar-refractivity contribution in [3.05, 3.63) is 83.4 Å². The van der Waals surface area contributed by atoms with Gasteiger partial charge in [0.2, 0.25) is 0 Å². The summed E-state index contributed by atoms with van der Waals surface area (Å²) in [5, 5.41) is 6.27. The molecule has 0 radical (unpaired) electrons. The van der Waals surface area contributed by atoms with Crippen molar-refractivity contribution in [2.45, 2.75) is 26.4 Å². The van der Waals surface area contributed by atoms with Gasteiger partial charge in [-0.3, -0.25) is 0 Å². The molecule has 3 aromatic carbocycles. The fraction of sp³-hybridized carbons (Fsp3) is 0.200. The molecule has 0 fully saturated rings. The van der Waals surface area contributed by atoms with Crippen molar-refractivity contribution in [3.8, 4) is 0 Å². The van der Waals surface area contributed by atoms with Crippen LogP contribution in [0.15, 0.2) is 66.7 Å². The predicted octanol–water partition coefficient (Wildman–Crippen LogP) is 5.00. The van der Waals surface area contributed by atoms with Gasteiger partial charge in [0.15, 0.2) is 0 Å². The topological polar surface area (TPSA) is 12.0 Å². The van der Waals surface area contributed by atoms with Crippen LogP contribution in [0.1, 0.15) is 29.7 Å². The number of hydrogen-bond acceptors (Lipinski definition) is 1. The standard InChI is InChI=1S/C20H21N/c1-15-10-12-17(13-11-15)16(2)21-14-19-8-5-7-18-6-3-4-9-20(18)19/h3-13,16,21H,14H2,1-2H3/t16-/m1/s1. The van der Waals surface area contributed by atoms with Gasteiger partial charge in [0, 0.05) is 12.6 Å². The van der Waals surface area contributed by atoms with E-state index in [0.717, 1.165) is 6.54 Å². The van der Waals surface area contributed by atoms with Crippen LogP contribution >= 0.6 is 0 Å². The van der Waals surface area contributed by atoms with E-state index >= 15 is 0 Å². The largest absolute Gasteiger partial charge is 0.306 e. The SMILES string of the molecule is Cc1ccc([C@@H](C)NCc2cccc3ccccc23)cc1. The number of rotatable bonds is 4. The summed E-state index contributed by atoms with van der Waals surface area (Å²) in [5.41, 5.74) is 3.99. The first-order valence-electron chi connectivity index (χ1n) is 7.50. The van der Waals surface area contributed by atoms with E-state index in [1.54, 1.807) is 0 Å². The van der Waals surface area contributed by atoms with Crippen LogP contribution < -0.4 is 5.32 Å². The van der Waals surface area contributed by atoms with Gasteiger partial charge >= 0.3 is 0 Å². The smallest absolute Gasteiger partial charge is 0.0294 e. The van der Waals surface area contributed by atoms with E-state index in [2.05, 4.69) is 85.9 Å². The number of nitrogens with one attached hydrogen (secondary N) is 1. The average molecular weight is 275 g/mol. The van der Waals surface area contributed by atoms with E-state index in [0.29, 0.717) is 6.04 Å². The third-order valence-corrected chi connectivity index (χ3v) is 4.06. The Balaban J connectivity index is 1.76. The lowest BCUT2D eigenvalue weighted by molar-refractivity contribution is 0.576. The highest BCUT2D eigenvalue weighted by Gasteiger charge is 2.06. The van der Waals surface area contributed by atoms with Crippen molar-refractivity contribution in [2.24, 2.45) is 0 Å². The second-order valence-electron chi connectivity index (χ2n) is 5.65. The highest BCUT2D eigenvalue weighted by molar-refractivity contribution is 5.85. The van der Waals surface area contributed by atoms with E-state index in [4.69, 9.17) is 0 Å². The van der Waals surface area contributed by atoms with Crippen molar-refractivity contribution >= 4 is 10.8 Å². The lowest BCUT2D eigenvalue weighted by atomic mass is 10.0. The molecule has 0 aromatic heterocycles. The van der Waals surface area contributed by atoms with Gasteiger partial charge in [0.05, 0.1) is 0 Å². The second-order valence-corrected chi connectivity index (χ2v) is 5.65. The molecule has 0 aliphatic heterocycles. The Labute approximate surface area is 126 Å². The van der Waals surface area contributed by atoms with Crippen LogP contribution in [-0.2, 0) is 6.54 Å². The summed E-state index contributed by atoms with van der Waals surface area (Å²) in [4.78, 5) is 0. The number of benzene rings is 3. The molecule has 3 aromatic rings. The molecule has 1 heteroatoms. The number of aryl methyl sites for hydroxylation is 1. The van der Waals surface area contributed by atoms with Crippen molar-refractivity contribution in [2.75, 3.05) is 0 Å². The summed E-state index contributed by atoms with van der Waals surface area (Å²) in [7, 11) is 0. The minimum Gasteiger partial charge on any atom is -0.306 e. The van der Waals surface area contributed by atoms with Crippen molar-refractivity contribution in [1.29, 1.82) is 0 Å². The number of fused-ring (bicyclic) bond motifs is 1. The molecule has 1 atom stereocenters. The zero-order chi connectivity index (χ0) is 14.7. The molecule has 0 spiro atoms. The summed E-state index contributed by atoms with van der Waals surface area (Å²) < 4.78 is 0. The Bertz CT molecular complexity index is 723. The minimum atomic E-state index is 0.351. The zero-order valence-corrected chi connectivity index (χ0v) is 12.6. The Kier molecular flexibility index (Phi) is 4.03. The normalized spacial score (nSPS) is 12.5. The molecule has 0 saturated heterocycles. The Hall–Kier alpha value is -2.12. The van der Waals surface area contributed by atoms with Crippen molar-refractivity contribution in [3.63, 3.8) is 0 Å². The maximum Gasteiger partial charge on any atom is 0.0294 e. The lowest BCUT2D eigenvalue weighted by Crippen LogP contribution is -2.18. The third-order valence-electron chi connectivity index (χ3n) is 4.06. The molecule has 0 unspecified atom stereocenters. The molecule has 0 heterocycles. The first-order valence-corrected chi connectivity index (χ1v) is 7.50. The van der Waals surface area contributed by atoms with Crippen LogP contribution in [-0.4, -0.2) is 0 Å². The highest BCUT2D eigenvalue weighted by Crippen LogP contribution is 2.20. The van der Waals surface area contributed by atoms with Crippen LogP contribution in [0.4, 0.5) is 0 Å². The van der Waals surface area contributed by atoms with E-state index in [1.807, 2.05) is 0 Å². The second kappa shape index (κ2) is 6.11. The molecule has 3 rings (SSSR count). The summed E-state index contributed by atoms with van der Waals surface area (Å²) in [6, 6.07) is 24.2. The van der Waals surface area contributed by atoms with Gasteiger partial charge in [-0.1, -0.05) is 72.3 Å². The van der Waals surface area contributed by atoms with E-state index in [-0.39, 0.29) is 0 Å². The van der Waals surface area contributed by atoms with Crippen LogP contribution in [0.2, 0.25) is 0 Å². The van der Waals surface area contributed by atoms with E-state index < -0.39 is 0 Å². The Morgan fingerprint density at radius 2 is 1.57 bits per heavy atom. The molecule has 0 saturated carbocycles. The van der Waals surface area contributed by atoms with Gasteiger partial charge < -0.3 is 5.32 Å². The van der Waals surface area contributed by atoms with Crippen molar-refractivity contribution < 1.29 is 0 Å². The van der Waals surface area contributed by atoms with Crippen LogP contribution in [0.3, 0.4) is 0 Å². The predicted molar refractivity (Wildman–Crippen MR) is 90.4 cm³/mol. The molecule has 0 aliphatic rings. The Morgan fingerprint density at radius 3 is 2.38 bits per heavy atom. The average Bonchev–Trinajstić information content (AvgIpc) is 2.53. The first-order chi connectivity index (χ1) is 10.2. The van der Waals surface area contributed by atoms with Crippen LogP contribution in [0.25, 0.3) is 10.8 Å². The van der Waals surface area contributed by atoms with E-state index in [1.165, 1.54) is 27.5 Å². The number of hydrogen-bond donors (Lipinski definition) is 1. The highest BCUT2D eigenvalue weighted by atomic mass is 14.9. The summed E-state index contributed by atoms with van der Waals surface area (Å²) in [6.45, 7) is 5.23. The fourth-order valence-electron chi connectivity index (χ4n) is 2.68. The van der Waals surface area contributed by atoms with Gasteiger partial charge in [-0.25, -0.2) is 0 Å². The van der Waals surface area contributed by atoms with Gasteiger partial charge in [0.1, 0.15) is 0 Å². The minimum absolute atomic E-state index is 0.351. The molecule has 0 aliphatic carbocycles. The van der Waals surface area contributed by atoms with Gasteiger partial charge in [-0.05, 0) is 35.7 Å². The van der Waals surface area contributed by atoms with E-state index in [9.17, 15) is 0 Å². The fourth-order valence-corrected chi connectivity index (χ4v) is 2.68. The zero-order valence-electron chi connectivity index (χ0n) is 12.6. The Morgan fingerprint density at radius 1 is 0.857 bits per heavy atom. The maximum absolute atomic E-state index is 3.63. The molecule has 106 valence electrons. The quantitative estimate of drug-likeness (QED) is 0.706. The monoisotopic (exact) mass is 275 g/mol. The molecule has 21 heavy (non-hydrogen) atoms. The molecule has 1 nitrogen and oxygen atoms in total. The first kappa shape index (κ1) is 13.8. The van der Waals surface area contributed by atoms with Crippen LogP contribution in [0.5, 0.6) is 0 Å². The van der Waals surface area contributed by atoms with Crippen molar-refractivity contribution in [1.82, 2.24) is 5.32 Å². The summed E-state index contributed by atoms with van der Waals surface area (Å²) >= 11 is 0. The molecule has 0 amide bonds.